The lowest BCUT2D eigenvalue weighted by atomic mass is 9.95. The van der Waals surface area contributed by atoms with E-state index < -0.39 is 5.60 Å². The molecule has 0 atom stereocenters. The third-order valence-corrected chi connectivity index (χ3v) is 4.48. The first kappa shape index (κ1) is 17.4. The molecule has 3 aromatic rings. The fourth-order valence-corrected chi connectivity index (χ4v) is 2.84. The highest BCUT2D eigenvalue weighted by Gasteiger charge is 2.31. The highest BCUT2D eigenvalue weighted by molar-refractivity contribution is 5.82. The van der Waals surface area contributed by atoms with Crippen LogP contribution in [-0.2, 0) is 16.9 Å². The monoisotopic (exact) mass is 338 g/mol. The lowest BCUT2D eigenvalue weighted by Gasteiger charge is -2.29. The molecule has 0 radical (unpaired) electrons. The van der Waals surface area contributed by atoms with Crippen LogP contribution in [0.1, 0.15) is 11.1 Å². The molecule has 0 heterocycles. The largest absolute Gasteiger partial charge is 0.489 e. The maximum atomic E-state index is 9.60. The second kappa shape index (κ2) is 7.66. The summed E-state index contributed by atoms with van der Waals surface area (Å²) < 4.78 is 11.2. The van der Waals surface area contributed by atoms with E-state index >= 15 is 0 Å². The molecule has 0 spiro atoms. The van der Waals surface area contributed by atoms with Crippen molar-refractivity contribution < 1.29 is 19.7 Å². The topological polar surface area (TPSA) is 58.9 Å². The van der Waals surface area contributed by atoms with Gasteiger partial charge in [-0.2, -0.15) is 0 Å². The molecular formula is C21H22O4. The Kier molecular flexibility index (Phi) is 5.34. The average Bonchev–Trinajstić information content (AvgIpc) is 2.68. The molecule has 25 heavy (non-hydrogen) atoms. The van der Waals surface area contributed by atoms with Gasteiger partial charge < -0.3 is 19.7 Å². The summed E-state index contributed by atoms with van der Waals surface area (Å²) in [6.07, 6.45) is 0. The van der Waals surface area contributed by atoms with Gasteiger partial charge in [0.05, 0.1) is 13.2 Å². The summed E-state index contributed by atoms with van der Waals surface area (Å²) in [6, 6.07) is 21.7. The minimum absolute atomic E-state index is 0.311. The first-order valence-electron chi connectivity index (χ1n) is 8.19. The van der Waals surface area contributed by atoms with Crippen LogP contribution in [0.2, 0.25) is 0 Å². The Bertz CT molecular complexity index is 832. The van der Waals surface area contributed by atoms with Crippen LogP contribution in [0.3, 0.4) is 0 Å². The zero-order valence-corrected chi connectivity index (χ0v) is 14.2. The number of rotatable bonds is 7. The summed E-state index contributed by atoms with van der Waals surface area (Å²) in [6.45, 7) is -0.186. The standard InChI is InChI=1S/C21H22O4/c1-24-21(14-22,15-23)19-7-4-8-20(12-19)25-13-16-9-10-17-5-2-3-6-18(17)11-16/h2-12,22-23H,13-15H2,1H3. The summed E-state index contributed by atoms with van der Waals surface area (Å²) in [5.41, 5.74) is 0.630. The molecule has 2 N–H and O–H groups in total. The lowest BCUT2D eigenvalue weighted by Crippen LogP contribution is -2.36. The zero-order chi connectivity index (χ0) is 17.7. The minimum atomic E-state index is -1.12. The Hall–Kier alpha value is -2.40. The van der Waals surface area contributed by atoms with Gasteiger partial charge in [-0.05, 0) is 40.1 Å². The zero-order valence-electron chi connectivity index (χ0n) is 14.2. The van der Waals surface area contributed by atoms with Gasteiger partial charge in [-0.25, -0.2) is 0 Å². The van der Waals surface area contributed by atoms with Gasteiger partial charge in [-0.1, -0.05) is 48.5 Å². The van der Waals surface area contributed by atoms with E-state index in [-0.39, 0.29) is 13.2 Å². The van der Waals surface area contributed by atoms with Crippen molar-refractivity contribution in [3.8, 4) is 5.75 Å². The fourth-order valence-electron chi connectivity index (χ4n) is 2.84. The van der Waals surface area contributed by atoms with E-state index in [0.717, 1.165) is 5.56 Å². The van der Waals surface area contributed by atoms with Gasteiger partial charge in [0, 0.05) is 7.11 Å². The van der Waals surface area contributed by atoms with Crippen LogP contribution in [-0.4, -0.2) is 30.5 Å². The Balaban J connectivity index is 1.77. The van der Waals surface area contributed by atoms with Crippen LogP contribution in [0.25, 0.3) is 10.8 Å². The summed E-state index contributed by atoms with van der Waals surface area (Å²) in [5, 5.41) is 21.6. The summed E-state index contributed by atoms with van der Waals surface area (Å²) in [7, 11) is 1.47. The number of hydrogen-bond donors (Lipinski definition) is 2. The molecule has 3 aromatic carbocycles. The average molecular weight is 338 g/mol. The number of fused-ring (bicyclic) bond motifs is 1. The molecule has 4 nitrogen and oxygen atoms in total. The van der Waals surface area contributed by atoms with E-state index in [1.165, 1.54) is 17.9 Å². The minimum Gasteiger partial charge on any atom is -0.489 e. The van der Waals surface area contributed by atoms with Crippen LogP contribution in [0, 0.1) is 0 Å². The molecular weight excluding hydrogens is 316 g/mol. The first-order chi connectivity index (χ1) is 12.2. The number of ether oxygens (including phenoxy) is 2. The molecule has 0 aliphatic heterocycles. The predicted octanol–water partition coefficient (Wildman–Crippen LogP) is 3.25. The van der Waals surface area contributed by atoms with Gasteiger partial charge in [0.2, 0.25) is 0 Å². The molecule has 0 bridgehead atoms. The van der Waals surface area contributed by atoms with Crippen LogP contribution in [0.15, 0.2) is 66.7 Å². The molecule has 0 aromatic heterocycles. The van der Waals surface area contributed by atoms with Gasteiger partial charge in [0.15, 0.2) is 0 Å². The van der Waals surface area contributed by atoms with Crippen molar-refractivity contribution in [2.24, 2.45) is 0 Å². The number of methoxy groups -OCH3 is 1. The third kappa shape index (κ3) is 3.66. The van der Waals surface area contributed by atoms with Crippen molar-refractivity contribution in [2.75, 3.05) is 20.3 Å². The molecule has 4 heteroatoms. The van der Waals surface area contributed by atoms with E-state index in [2.05, 4.69) is 24.3 Å². The van der Waals surface area contributed by atoms with Gasteiger partial charge in [0.25, 0.3) is 0 Å². The Morgan fingerprint density at radius 2 is 1.60 bits per heavy atom. The fraction of sp³-hybridized carbons (Fsp3) is 0.238. The smallest absolute Gasteiger partial charge is 0.139 e. The highest BCUT2D eigenvalue weighted by atomic mass is 16.5. The van der Waals surface area contributed by atoms with Gasteiger partial charge in [0.1, 0.15) is 18.0 Å². The second-order valence-corrected chi connectivity index (χ2v) is 6.01. The molecule has 0 unspecified atom stereocenters. The van der Waals surface area contributed by atoms with Crippen LogP contribution < -0.4 is 4.74 Å². The van der Waals surface area contributed by atoms with E-state index in [4.69, 9.17) is 9.47 Å². The van der Waals surface area contributed by atoms with Crippen molar-refractivity contribution in [1.29, 1.82) is 0 Å². The summed E-state index contributed by atoms with van der Waals surface area (Å²) in [4.78, 5) is 0. The van der Waals surface area contributed by atoms with E-state index in [0.29, 0.717) is 17.9 Å². The SMILES string of the molecule is COC(CO)(CO)c1cccc(OCc2ccc3ccccc3c2)c1. The summed E-state index contributed by atoms with van der Waals surface area (Å²) in [5.74, 6) is 0.661. The van der Waals surface area contributed by atoms with Crippen molar-refractivity contribution in [1.82, 2.24) is 0 Å². The maximum Gasteiger partial charge on any atom is 0.139 e. The van der Waals surface area contributed by atoms with Crippen molar-refractivity contribution >= 4 is 10.8 Å². The lowest BCUT2D eigenvalue weighted by molar-refractivity contribution is -0.0907. The molecule has 0 saturated heterocycles. The molecule has 0 saturated carbocycles. The number of aliphatic hydroxyl groups is 2. The third-order valence-electron chi connectivity index (χ3n) is 4.48. The van der Waals surface area contributed by atoms with Crippen molar-refractivity contribution in [3.05, 3.63) is 77.9 Å². The normalized spacial score (nSPS) is 11.6. The van der Waals surface area contributed by atoms with E-state index in [9.17, 15) is 10.2 Å². The molecule has 0 aliphatic rings. The van der Waals surface area contributed by atoms with Gasteiger partial charge in [-0.3, -0.25) is 0 Å². The quantitative estimate of drug-likeness (QED) is 0.694. The number of aliphatic hydroxyl groups excluding tert-OH is 2. The number of hydrogen-bond acceptors (Lipinski definition) is 4. The molecule has 130 valence electrons. The molecule has 0 fully saturated rings. The second-order valence-electron chi connectivity index (χ2n) is 6.01. The van der Waals surface area contributed by atoms with Crippen LogP contribution in [0.4, 0.5) is 0 Å². The van der Waals surface area contributed by atoms with E-state index in [1.807, 2.05) is 30.3 Å². The Morgan fingerprint density at radius 1 is 0.840 bits per heavy atom. The summed E-state index contributed by atoms with van der Waals surface area (Å²) >= 11 is 0. The van der Waals surface area contributed by atoms with Crippen molar-refractivity contribution in [2.45, 2.75) is 12.2 Å². The first-order valence-corrected chi connectivity index (χ1v) is 8.19. The van der Waals surface area contributed by atoms with Crippen LogP contribution >= 0.6 is 0 Å². The molecule has 0 aliphatic carbocycles. The Morgan fingerprint density at radius 3 is 2.32 bits per heavy atom. The highest BCUT2D eigenvalue weighted by Crippen LogP contribution is 2.28. The van der Waals surface area contributed by atoms with Crippen molar-refractivity contribution in [3.63, 3.8) is 0 Å². The number of benzene rings is 3. The Labute approximate surface area is 147 Å². The predicted molar refractivity (Wildman–Crippen MR) is 97.6 cm³/mol. The van der Waals surface area contributed by atoms with Gasteiger partial charge >= 0.3 is 0 Å². The maximum absolute atomic E-state index is 9.60. The molecule has 3 rings (SSSR count). The molecule has 0 amide bonds. The van der Waals surface area contributed by atoms with Crippen LogP contribution in [0.5, 0.6) is 5.75 Å². The van der Waals surface area contributed by atoms with Gasteiger partial charge in [-0.15, -0.1) is 0 Å². The van der Waals surface area contributed by atoms with E-state index in [1.54, 1.807) is 12.1 Å².